The van der Waals surface area contributed by atoms with Gasteiger partial charge in [0, 0.05) is 32.7 Å². The molecule has 12 heteroatoms. The molecule has 1 unspecified atom stereocenters. The molecule has 1 fully saturated rings. The SMILES string of the molecule is CCOC(=O)N1CCN(C(=O)C(CCCNC(=N)N)NS(=O)(=O)c2c(C(C)C)cc(C(C)C)cc2C(C)C)CC1. The highest BCUT2D eigenvalue weighted by molar-refractivity contribution is 7.89. The quantitative estimate of drug-likeness (QED) is 0.168. The maximum atomic E-state index is 14.1. The van der Waals surface area contributed by atoms with Crippen LogP contribution in [0.25, 0.3) is 0 Å². The highest BCUT2D eigenvalue weighted by Gasteiger charge is 2.34. The Morgan fingerprint density at radius 2 is 1.50 bits per heavy atom. The van der Waals surface area contributed by atoms with Crippen LogP contribution in [0.15, 0.2) is 17.0 Å². The summed E-state index contributed by atoms with van der Waals surface area (Å²) < 4.78 is 36.0. The summed E-state index contributed by atoms with van der Waals surface area (Å²) in [6.07, 6.45) is 0.213. The second-order valence-electron chi connectivity index (χ2n) is 11.2. The number of carbonyl (C=O) groups is 2. The normalized spacial score (nSPS) is 15.1. The van der Waals surface area contributed by atoms with Gasteiger partial charge >= 0.3 is 6.09 Å². The van der Waals surface area contributed by atoms with Gasteiger partial charge in [-0.15, -0.1) is 0 Å². The topological polar surface area (TPSA) is 158 Å². The van der Waals surface area contributed by atoms with Crippen molar-refractivity contribution in [3.05, 3.63) is 28.8 Å². The van der Waals surface area contributed by atoms with Gasteiger partial charge in [0.05, 0.1) is 11.5 Å². The molecular weight excluding hydrogens is 532 g/mol. The molecule has 1 aromatic rings. The Morgan fingerprint density at radius 1 is 0.975 bits per heavy atom. The van der Waals surface area contributed by atoms with Crippen molar-refractivity contribution in [2.24, 2.45) is 5.73 Å². The van der Waals surface area contributed by atoms with Gasteiger partial charge in [-0.1, -0.05) is 53.7 Å². The number of piperazine rings is 1. The number of rotatable bonds is 12. The highest BCUT2D eigenvalue weighted by atomic mass is 32.2. The lowest BCUT2D eigenvalue weighted by atomic mass is 9.89. The van der Waals surface area contributed by atoms with Crippen LogP contribution < -0.4 is 15.8 Å². The van der Waals surface area contributed by atoms with Gasteiger partial charge in [-0.3, -0.25) is 10.2 Å². The van der Waals surface area contributed by atoms with Gasteiger partial charge in [-0.05, 0) is 54.2 Å². The van der Waals surface area contributed by atoms with Crippen molar-refractivity contribution < 1.29 is 22.7 Å². The summed E-state index contributed by atoms with van der Waals surface area (Å²) in [5.41, 5.74) is 7.93. The Hall–Kier alpha value is -2.86. The van der Waals surface area contributed by atoms with E-state index in [4.69, 9.17) is 15.9 Å². The van der Waals surface area contributed by atoms with Gasteiger partial charge in [-0.25, -0.2) is 13.2 Å². The minimum absolute atomic E-state index is 0.0485. The molecule has 226 valence electrons. The van der Waals surface area contributed by atoms with Crippen molar-refractivity contribution in [1.82, 2.24) is 19.8 Å². The lowest BCUT2D eigenvalue weighted by molar-refractivity contribution is -0.134. The van der Waals surface area contributed by atoms with Crippen LogP contribution in [0.3, 0.4) is 0 Å². The Balaban J connectivity index is 2.41. The Bertz CT molecular complexity index is 1110. The van der Waals surface area contributed by atoms with Crippen LogP contribution in [-0.2, 0) is 19.6 Å². The van der Waals surface area contributed by atoms with Crippen LogP contribution in [0, 0.1) is 5.41 Å². The number of guanidine groups is 1. The fourth-order valence-corrected chi connectivity index (χ4v) is 6.67. The molecule has 0 saturated carbocycles. The predicted octanol–water partition coefficient (Wildman–Crippen LogP) is 3.27. The summed E-state index contributed by atoms with van der Waals surface area (Å²) in [5, 5.41) is 10.1. The lowest BCUT2D eigenvalue weighted by Gasteiger charge is -2.36. The first-order chi connectivity index (χ1) is 18.7. The van der Waals surface area contributed by atoms with E-state index in [1.165, 1.54) is 0 Å². The number of amides is 2. The molecule has 1 aliphatic rings. The zero-order valence-electron chi connectivity index (χ0n) is 25.0. The Morgan fingerprint density at radius 3 is 1.95 bits per heavy atom. The molecule has 0 spiro atoms. The average Bonchev–Trinajstić information content (AvgIpc) is 2.89. The van der Waals surface area contributed by atoms with E-state index in [1.54, 1.807) is 16.7 Å². The van der Waals surface area contributed by atoms with E-state index in [0.29, 0.717) is 26.1 Å². The summed E-state index contributed by atoms with van der Waals surface area (Å²) in [5.74, 6) is -0.394. The summed E-state index contributed by atoms with van der Waals surface area (Å²) in [7, 11) is -4.09. The molecular formula is C28H48N6O5S. The maximum Gasteiger partial charge on any atom is 0.409 e. The predicted molar refractivity (Wildman–Crippen MR) is 157 cm³/mol. The van der Waals surface area contributed by atoms with Crippen molar-refractivity contribution in [1.29, 1.82) is 5.41 Å². The van der Waals surface area contributed by atoms with Gasteiger partial charge in [0.1, 0.15) is 6.04 Å². The lowest BCUT2D eigenvalue weighted by Crippen LogP contribution is -2.56. The maximum absolute atomic E-state index is 14.1. The largest absolute Gasteiger partial charge is 0.450 e. The molecule has 1 aromatic carbocycles. The monoisotopic (exact) mass is 580 g/mol. The molecule has 1 atom stereocenters. The standard InChI is InChI=1S/C28H48N6O5S/c1-8-39-28(36)34-14-12-33(13-15-34)26(35)24(10-9-11-31-27(29)30)32-40(37,38)25-22(19(4)5)16-21(18(2)3)17-23(25)20(6)7/h16-20,24,32H,8-15H2,1-7H3,(H4,29,30,31). The summed E-state index contributed by atoms with van der Waals surface area (Å²) in [4.78, 5) is 29.2. The van der Waals surface area contributed by atoms with E-state index in [9.17, 15) is 18.0 Å². The number of hydrogen-bond acceptors (Lipinski definition) is 6. The zero-order valence-corrected chi connectivity index (χ0v) is 25.9. The molecule has 1 aliphatic heterocycles. The van der Waals surface area contributed by atoms with Gasteiger partial charge in [0.15, 0.2) is 5.96 Å². The number of nitrogens with zero attached hydrogens (tertiary/aromatic N) is 2. The number of hydrogen-bond donors (Lipinski definition) is 4. The molecule has 1 saturated heterocycles. The first kappa shape index (κ1) is 33.3. The summed E-state index contributed by atoms with van der Waals surface area (Å²) >= 11 is 0. The van der Waals surface area contributed by atoms with Crippen LogP contribution >= 0.6 is 0 Å². The van der Waals surface area contributed by atoms with Gasteiger partial charge in [0.2, 0.25) is 15.9 Å². The second kappa shape index (κ2) is 14.7. The van der Waals surface area contributed by atoms with E-state index < -0.39 is 22.2 Å². The molecule has 0 aromatic heterocycles. The number of sulfonamides is 1. The third-order valence-electron chi connectivity index (χ3n) is 7.05. The van der Waals surface area contributed by atoms with Crippen LogP contribution in [0.1, 0.15) is 95.8 Å². The van der Waals surface area contributed by atoms with Crippen molar-refractivity contribution in [3.8, 4) is 0 Å². The van der Waals surface area contributed by atoms with E-state index in [2.05, 4.69) is 23.9 Å². The third kappa shape index (κ3) is 8.82. The third-order valence-corrected chi connectivity index (χ3v) is 8.65. The average molecular weight is 581 g/mol. The number of carbonyl (C=O) groups excluding carboxylic acids is 2. The van der Waals surface area contributed by atoms with E-state index in [0.717, 1.165) is 16.7 Å². The molecule has 5 N–H and O–H groups in total. The smallest absolute Gasteiger partial charge is 0.409 e. The highest BCUT2D eigenvalue weighted by Crippen LogP contribution is 2.35. The fourth-order valence-electron chi connectivity index (χ4n) is 4.75. The van der Waals surface area contributed by atoms with Gasteiger partial charge in [-0.2, -0.15) is 4.72 Å². The fraction of sp³-hybridized carbons (Fsp3) is 0.679. The number of nitrogens with two attached hydrogens (primary N) is 1. The number of benzene rings is 1. The number of nitrogens with one attached hydrogen (secondary N) is 3. The van der Waals surface area contributed by atoms with Crippen molar-refractivity contribution in [2.75, 3.05) is 39.3 Å². The molecule has 2 rings (SSSR count). The van der Waals surface area contributed by atoms with Crippen LogP contribution in [-0.4, -0.2) is 81.6 Å². The van der Waals surface area contributed by atoms with E-state index >= 15 is 0 Å². The Labute approximate surface area is 239 Å². The van der Waals surface area contributed by atoms with Gasteiger partial charge < -0.3 is 25.6 Å². The molecule has 0 bridgehead atoms. The summed E-state index contributed by atoms with van der Waals surface area (Å²) in [6.45, 7) is 15.6. The molecule has 11 nitrogen and oxygen atoms in total. The summed E-state index contributed by atoms with van der Waals surface area (Å²) in [6, 6.07) is 2.92. The van der Waals surface area contributed by atoms with E-state index in [-0.39, 0.29) is 60.6 Å². The molecule has 0 aliphatic carbocycles. The molecule has 0 radical (unpaired) electrons. The van der Waals surface area contributed by atoms with Crippen molar-refractivity contribution in [3.63, 3.8) is 0 Å². The van der Waals surface area contributed by atoms with Crippen molar-refractivity contribution in [2.45, 2.75) is 90.0 Å². The molecule has 1 heterocycles. The Kier molecular flexibility index (Phi) is 12.2. The van der Waals surface area contributed by atoms with Gasteiger partial charge in [0.25, 0.3) is 0 Å². The molecule has 2 amide bonds. The minimum atomic E-state index is -4.09. The number of ether oxygens (including phenoxy) is 1. The van der Waals surface area contributed by atoms with E-state index in [1.807, 2.05) is 39.8 Å². The van der Waals surface area contributed by atoms with Crippen LogP contribution in [0.2, 0.25) is 0 Å². The first-order valence-electron chi connectivity index (χ1n) is 14.2. The van der Waals surface area contributed by atoms with Crippen LogP contribution in [0.4, 0.5) is 4.79 Å². The minimum Gasteiger partial charge on any atom is -0.450 e. The van der Waals surface area contributed by atoms with Crippen molar-refractivity contribution >= 4 is 28.0 Å². The van der Waals surface area contributed by atoms with Crippen LogP contribution in [0.5, 0.6) is 0 Å². The molecule has 40 heavy (non-hydrogen) atoms. The first-order valence-corrected chi connectivity index (χ1v) is 15.7. The second-order valence-corrected chi connectivity index (χ2v) is 12.8. The zero-order chi connectivity index (χ0) is 30.2.